The molecule has 1 aliphatic rings. The molecule has 0 atom stereocenters. The molecular weight excluding hydrogens is 331 g/mol. The topological polar surface area (TPSA) is 55.1 Å². The van der Waals surface area contributed by atoms with Crippen LogP contribution >= 0.6 is 35.6 Å². The first-order chi connectivity index (χ1) is 9.48. The summed E-state index contributed by atoms with van der Waals surface area (Å²) in [6.07, 6.45) is 5.82. The molecule has 6 heteroatoms. The van der Waals surface area contributed by atoms with Crippen LogP contribution in [0, 0.1) is 0 Å². The first kappa shape index (κ1) is 18.6. The summed E-state index contributed by atoms with van der Waals surface area (Å²) >= 11 is 11.8. The highest BCUT2D eigenvalue weighted by atomic mass is 35.5. The van der Waals surface area contributed by atoms with Crippen LogP contribution in [0.2, 0.25) is 10.0 Å². The second kappa shape index (κ2) is 8.23. The van der Waals surface area contributed by atoms with Crippen LogP contribution in [0.3, 0.4) is 0 Å². The molecule has 1 aromatic rings. The predicted octanol–water partition coefficient (Wildman–Crippen LogP) is 3.74. The minimum atomic E-state index is -0.231. The van der Waals surface area contributed by atoms with Gasteiger partial charge in [0.1, 0.15) is 0 Å². The lowest BCUT2D eigenvalue weighted by atomic mass is 9.82. The number of carbonyl (C=O) groups excluding carboxylic acids is 1. The third-order valence-electron chi connectivity index (χ3n) is 3.84. The van der Waals surface area contributed by atoms with Crippen molar-refractivity contribution in [2.24, 2.45) is 5.73 Å². The molecule has 1 saturated carbocycles. The fourth-order valence-electron chi connectivity index (χ4n) is 2.60. The molecule has 0 heterocycles. The van der Waals surface area contributed by atoms with E-state index in [1.54, 1.807) is 12.1 Å². The number of amides is 1. The van der Waals surface area contributed by atoms with Gasteiger partial charge in [0, 0.05) is 12.1 Å². The molecule has 0 bridgehead atoms. The molecule has 1 aromatic carbocycles. The summed E-state index contributed by atoms with van der Waals surface area (Å²) in [5.74, 6) is -0.0289. The second-order valence-corrected chi connectivity index (χ2v) is 6.44. The van der Waals surface area contributed by atoms with Gasteiger partial charge in [0.15, 0.2) is 0 Å². The minimum absolute atomic E-state index is 0. The monoisotopic (exact) mass is 350 g/mol. The average molecular weight is 352 g/mol. The van der Waals surface area contributed by atoms with Crippen molar-refractivity contribution in [3.8, 4) is 0 Å². The third kappa shape index (κ3) is 5.67. The van der Waals surface area contributed by atoms with E-state index in [9.17, 15) is 4.79 Å². The molecule has 1 fully saturated rings. The van der Waals surface area contributed by atoms with E-state index in [1.165, 1.54) is 6.42 Å². The summed E-state index contributed by atoms with van der Waals surface area (Å²) in [6.45, 7) is 0.549. The van der Waals surface area contributed by atoms with Crippen LogP contribution in [-0.2, 0) is 11.2 Å². The lowest BCUT2D eigenvalue weighted by Crippen LogP contribution is -2.51. The second-order valence-electron chi connectivity index (χ2n) is 5.63. The molecule has 0 aromatic heterocycles. The van der Waals surface area contributed by atoms with Gasteiger partial charge in [-0.1, -0.05) is 48.5 Å². The highest BCUT2D eigenvalue weighted by Gasteiger charge is 2.27. The molecule has 1 amide bonds. The van der Waals surface area contributed by atoms with Crippen molar-refractivity contribution in [3.05, 3.63) is 33.8 Å². The zero-order valence-electron chi connectivity index (χ0n) is 11.8. The first-order valence-corrected chi connectivity index (χ1v) is 7.74. The van der Waals surface area contributed by atoms with Gasteiger partial charge in [-0.25, -0.2) is 0 Å². The highest BCUT2D eigenvalue weighted by molar-refractivity contribution is 6.42. The Kier molecular flexibility index (Phi) is 7.28. The molecule has 3 N–H and O–H groups in total. The number of nitrogens with two attached hydrogens (primary N) is 1. The number of hydrogen-bond donors (Lipinski definition) is 2. The summed E-state index contributed by atoms with van der Waals surface area (Å²) in [6, 6.07) is 5.24. The Bertz CT molecular complexity index is 488. The maximum atomic E-state index is 12.0. The number of hydrogen-bond acceptors (Lipinski definition) is 2. The Morgan fingerprint density at radius 1 is 1.19 bits per heavy atom. The standard InChI is InChI=1S/C15H20Cl2N2O.ClH/c16-12-5-4-11(8-13(12)17)9-14(20)19-10-15(18)6-2-1-3-7-15;/h4-5,8H,1-3,6-7,9-10,18H2,(H,19,20);1H. The molecule has 21 heavy (non-hydrogen) atoms. The molecule has 118 valence electrons. The quantitative estimate of drug-likeness (QED) is 0.868. The number of carbonyl (C=O) groups is 1. The smallest absolute Gasteiger partial charge is 0.224 e. The third-order valence-corrected chi connectivity index (χ3v) is 4.57. The van der Waals surface area contributed by atoms with Gasteiger partial charge in [0.05, 0.1) is 16.5 Å². The maximum Gasteiger partial charge on any atom is 0.224 e. The van der Waals surface area contributed by atoms with Crippen LogP contribution in [0.15, 0.2) is 18.2 Å². The predicted molar refractivity (Wildman–Crippen MR) is 90.4 cm³/mol. The fourth-order valence-corrected chi connectivity index (χ4v) is 2.93. The zero-order chi connectivity index (χ0) is 14.6. The van der Waals surface area contributed by atoms with Gasteiger partial charge in [-0.05, 0) is 30.5 Å². The molecule has 0 radical (unpaired) electrons. The normalized spacial score (nSPS) is 16.9. The summed E-state index contributed by atoms with van der Waals surface area (Å²) in [4.78, 5) is 12.0. The number of rotatable bonds is 4. The zero-order valence-corrected chi connectivity index (χ0v) is 14.2. The van der Waals surface area contributed by atoms with E-state index in [0.717, 1.165) is 31.2 Å². The van der Waals surface area contributed by atoms with Crippen LogP contribution in [0.4, 0.5) is 0 Å². The van der Waals surface area contributed by atoms with Gasteiger partial charge in [-0.2, -0.15) is 0 Å². The van der Waals surface area contributed by atoms with Crippen molar-refractivity contribution in [3.63, 3.8) is 0 Å². The molecular formula is C15H21Cl3N2O. The summed E-state index contributed by atoms with van der Waals surface area (Å²) in [5.41, 5.74) is 6.91. The van der Waals surface area contributed by atoms with Gasteiger partial charge in [-0.3, -0.25) is 4.79 Å². The first-order valence-electron chi connectivity index (χ1n) is 6.98. The van der Waals surface area contributed by atoms with Gasteiger partial charge in [0.2, 0.25) is 5.91 Å². The molecule has 1 aliphatic carbocycles. The van der Waals surface area contributed by atoms with Gasteiger partial charge in [-0.15, -0.1) is 12.4 Å². The maximum absolute atomic E-state index is 12.0. The number of benzene rings is 1. The van der Waals surface area contributed by atoms with Crippen molar-refractivity contribution in [1.82, 2.24) is 5.32 Å². The summed E-state index contributed by atoms with van der Waals surface area (Å²) < 4.78 is 0. The van der Waals surface area contributed by atoms with Crippen LogP contribution in [0.1, 0.15) is 37.7 Å². The molecule has 0 unspecified atom stereocenters. The van der Waals surface area contributed by atoms with E-state index in [2.05, 4.69) is 5.32 Å². The van der Waals surface area contributed by atoms with E-state index in [0.29, 0.717) is 23.0 Å². The Hall–Kier alpha value is -0.480. The summed E-state index contributed by atoms with van der Waals surface area (Å²) in [7, 11) is 0. The average Bonchev–Trinajstić information content (AvgIpc) is 2.42. The van der Waals surface area contributed by atoms with Gasteiger partial charge >= 0.3 is 0 Å². The van der Waals surface area contributed by atoms with Crippen LogP contribution < -0.4 is 11.1 Å². The van der Waals surface area contributed by atoms with Crippen molar-refractivity contribution in [2.75, 3.05) is 6.54 Å². The highest BCUT2D eigenvalue weighted by Crippen LogP contribution is 2.25. The number of nitrogens with one attached hydrogen (secondary N) is 1. The Labute approximate surface area is 142 Å². The van der Waals surface area contributed by atoms with E-state index < -0.39 is 0 Å². The van der Waals surface area contributed by atoms with Crippen LogP contribution in [-0.4, -0.2) is 18.0 Å². The lowest BCUT2D eigenvalue weighted by Gasteiger charge is -2.33. The van der Waals surface area contributed by atoms with Crippen molar-refractivity contribution >= 4 is 41.5 Å². The van der Waals surface area contributed by atoms with Gasteiger partial charge in [0.25, 0.3) is 0 Å². The largest absolute Gasteiger partial charge is 0.354 e. The van der Waals surface area contributed by atoms with E-state index in [4.69, 9.17) is 28.9 Å². The molecule has 3 nitrogen and oxygen atoms in total. The molecule has 0 saturated heterocycles. The number of halogens is 3. The van der Waals surface area contributed by atoms with Crippen LogP contribution in [0.25, 0.3) is 0 Å². The van der Waals surface area contributed by atoms with E-state index in [-0.39, 0.29) is 23.9 Å². The van der Waals surface area contributed by atoms with E-state index in [1.807, 2.05) is 6.07 Å². The summed E-state index contributed by atoms with van der Waals surface area (Å²) in [5, 5.41) is 3.91. The molecule has 0 aliphatic heterocycles. The van der Waals surface area contributed by atoms with Crippen molar-refractivity contribution in [1.29, 1.82) is 0 Å². The lowest BCUT2D eigenvalue weighted by molar-refractivity contribution is -0.120. The Morgan fingerprint density at radius 2 is 1.86 bits per heavy atom. The fraction of sp³-hybridized carbons (Fsp3) is 0.533. The Balaban J connectivity index is 0.00000220. The Morgan fingerprint density at radius 3 is 2.48 bits per heavy atom. The van der Waals surface area contributed by atoms with Gasteiger partial charge < -0.3 is 11.1 Å². The molecule has 2 rings (SSSR count). The molecule has 0 spiro atoms. The SMILES string of the molecule is Cl.NC1(CNC(=O)Cc2ccc(Cl)c(Cl)c2)CCCCC1. The van der Waals surface area contributed by atoms with E-state index >= 15 is 0 Å². The van der Waals surface area contributed by atoms with Crippen molar-refractivity contribution in [2.45, 2.75) is 44.1 Å². The van der Waals surface area contributed by atoms with Crippen molar-refractivity contribution < 1.29 is 4.79 Å². The van der Waals surface area contributed by atoms with Crippen LogP contribution in [0.5, 0.6) is 0 Å². The minimum Gasteiger partial charge on any atom is -0.354 e.